The molecule has 1 aromatic heterocycles. The van der Waals surface area contributed by atoms with Gasteiger partial charge in [0, 0.05) is 0 Å². The van der Waals surface area contributed by atoms with Gasteiger partial charge in [-0.3, -0.25) is 6.08 Å². The Bertz CT molecular complexity index is 423. The third-order valence-electron chi connectivity index (χ3n) is 1.98. The van der Waals surface area contributed by atoms with Gasteiger partial charge in [-0.05, 0) is 0 Å². The number of aromatic nitrogens is 1. The van der Waals surface area contributed by atoms with Crippen LogP contribution in [-0.2, 0) is 21.7 Å². The average Bonchev–Trinajstić information content (AvgIpc) is 2.92. The molecule has 2 aromatic rings. The zero-order chi connectivity index (χ0) is 9.64. The quantitative estimate of drug-likeness (QED) is 0.402. The molecule has 1 aliphatic rings. The van der Waals surface area contributed by atoms with Crippen LogP contribution in [0.25, 0.3) is 10.9 Å². The first kappa shape index (κ1) is 18.9. The van der Waals surface area contributed by atoms with Crippen LogP contribution in [0.15, 0.2) is 48.6 Å². The van der Waals surface area contributed by atoms with Crippen LogP contribution < -0.4 is 24.8 Å². The van der Waals surface area contributed by atoms with Gasteiger partial charge in [0.1, 0.15) is 0 Å². The van der Waals surface area contributed by atoms with E-state index in [0.29, 0.717) is 0 Å². The van der Waals surface area contributed by atoms with Crippen LogP contribution in [-0.4, -0.2) is 4.98 Å². The van der Waals surface area contributed by atoms with Gasteiger partial charge >= 0.3 is 21.7 Å². The maximum atomic E-state index is 2.99. The Hall–Kier alpha value is -0.466. The Morgan fingerprint density at radius 1 is 1.12 bits per heavy atom. The zero-order valence-electron chi connectivity index (χ0n) is 9.08. The van der Waals surface area contributed by atoms with Crippen LogP contribution in [0.4, 0.5) is 0 Å². The average molecular weight is 300 g/mol. The second-order valence-corrected chi connectivity index (χ2v) is 3.00. The smallest absolute Gasteiger partial charge is 1.00 e. The minimum absolute atomic E-state index is 0. The summed E-state index contributed by atoms with van der Waals surface area (Å²) in [6.45, 7) is 0. The van der Waals surface area contributed by atoms with Gasteiger partial charge < -0.3 is 29.8 Å². The number of fused-ring (bicyclic) bond motifs is 1. The third-order valence-corrected chi connectivity index (χ3v) is 1.98. The van der Waals surface area contributed by atoms with Crippen molar-refractivity contribution in [1.82, 2.24) is 4.98 Å². The largest absolute Gasteiger partial charge is 4.00 e. The van der Waals surface area contributed by atoms with E-state index in [-0.39, 0.29) is 46.5 Å². The summed E-state index contributed by atoms with van der Waals surface area (Å²) in [4.78, 5) is 2.99. The molecule has 1 N–H and O–H groups in total. The first-order chi connectivity index (χ1) is 6.97. The van der Waals surface area contributed by atoms with E-state index < -0.39 is 0 Å². The minimum Gasteiger partial charge on any atom is -1.00 e. The number of hydrogen-bond acceptors (Lipinski definition) is 0. The van der Waals surface area contributed by atoms with E-state index in [1.807, 2.05) is 36.4 Å². The molecular formula is C13H11Cl2NTi. The molecule has 1 aliphatic carbocycles. The molecule has 0 atom stereocenters. The fraction of sp³-hybridized carbons (Fsp3) is 0.0769. The summed E-state index contributed by atoms with van der Waals surface area (Å²) >= 11 is 0. The number of benzene rings is 1. The number of H-pyrrole nitrogens is 1. The molecule has 1 nitrogen and oxygen atoms in total. The molecule has 0 bridgehead atoms. The van der Waals surface area contributed by atoms with Crippen LogP contribution in [0, 0.1) is 12.3 Å². The van der Waals surface area contributed by atoms with Crippen molar-refractivity contribution < 1.29 is 46.5 Å². The summed E-state index contributed by atoms with van der Waals surface area (Å²) in [6, 6.07) is 10.1. The normalized spacial score (nSPS) is 10.6. The molecule has 0 radical (unpaired) electrons. The van der Waals surface area contributed by atoms with Crippen LogP contribution >= 0.6 is 0 Å². The molecule has 0 unspecified atom stereocenters. The number of halogens is 2. The molecule has 0 aliphatic heterocycles. The molecule has 0 fully saturated rings. The summed E-state index contributed by atoms with van der Waals surface area (Å²) in [5.74, 6) is 0. The molecule has 4 heteroatoms. The van der Waals surface area contributed by atoms with Gasteiger partial charge in [-0.25, -0.2) is 12.2 Å². The van der Waals surface area contributed by atoms with Crippen molar-refractivity contribution in [3.63, 3.8) is 0 Å². The topological polar surface area (TPSA) is 15.8 Å². The zero-order valence-corrected chi connectivity index (χ0v) is 12.2. The van der Waals surface area contributed by atoms with Gasteiger partial charge in [-0.2, -0.15) is 17.5 Å². The molecule has 0 saturated heterocycles. The second-order valence-electron chi connectivity index (χ2n) is 3.00. The first-order valence-corrected chi connectivity index (χ1v) is 4.62. The van der Waals surface area contributed by atoms with E-state index in [9.17, 15) is 0 Å². The van der Waals surface area contributed by atoms with E-state index >= 15 is 0 Å². The molecule has 86 valence electrons. The summed E-state index contributed by atoms with van der Waals surface area (Å²) in [5, 5.41) is 1.22. The number of hydrogen-bond donors (Lipinski definition) is 1. The molecular weight excluding hydrogens is 289 g/mol. The Kier molecular flexibility index (Phi) is 11.9. The van der Waals surface area contributed by atoms with Gasteiger partial charge in [0.15, 0.2) is 0 Å². The van der Waals surface area contributed by atoms with Crippen molar-refractivity contribution in [3.05, 3.63) is 60.8 Å². The predicted octanol–water partition coefficient (Wildman–Crippen LogP) is -2.72. The van der Waals surface area contributed by atoms with Crippen LogP contribution in [0.2, 0.25) is 0 Å². The number of rotatable bonds is 0. The molecule has 0 saturated carbocycles. The monoisotopic (exact) mass is 299 g/mol. The summed E-state index contributed by atoms with van der Waals surface area (Å²) in [6.07, 6.45) is 12.9. The number of allylic oxidation sites excluding steroid dienone is 4. The van der Waals surface area contributed by atoms with E-state index in [2.05, 4.69) is 29.4 Å². The summed E-state index contributed by atoms with van der Waals surface area (Å²) in [7, 11) is 0. The van der Waals surface area contributed by atoms with Gasteiger partial charge in [0.05, 0.1) is 0 Å². The Balaban J connectivity index is 0. The molecule has 1 aromatic carbocycles. The van der Waals surface area contributed by atoms with E-state index in [1.165, 1.54) is 5.39 Å². The van der Waals surface area contributed by atoms with E-state index in [1.54, 1.807) is 0 Å². The van der Waals surface area contributed by atoms with Crippen LogP contribution in [0.5, 0.6) is 0 Å². The molecule has 0 amide bonds. The van der Waals surface area contributed by atoms with Crippen molar-refractivity contribution in [2.45, 2.75) is 6.42 Å². The second kappa shape index (κ2) is 10.7. The maximum Gasteiger partial charge on any atom is 4.00 e. The fourth-order valence-corrected chi connectivity index (χ4v) is 1.27. The molecule has 3 rings (SSSR count). The van der Waals surface area contributed by atoms with Gasteiger partial charge in [-0.1, -0.05) is 12.1 Å². The summed E-state index contributed by atoms with van der Waals surface area (Å²) in [5.41, 5.74) is 1.15. The van der Waals surface area contributed by atoms with Gasteiger partial charge in [0.25, 0.3) is 0 Å². The van der Waals surface area contributed by atoms with Crippen molar-refractivity contribution in [3.8, 4) is 0 Å². The van der Waals surface area contributed by atoms with Gasteiger partial charge in [-0.15, -0.1) is 30.3 Å². The first-order valence-electron chi connectivity index (χ1n) is 4.62. The SMILES string of the molecule is [C-]1=CC=CC1.[Cl-].[Cl-].[Ti+4].[c-]1cc2ccccc2[nH]1. The number of aromatic amines is 1. The Morgan fingerprint density at radius 2 is 1.88 bits per heavy atom. The number of nitrogens with one attached hydrogen (secondary N) is 1. The third kappa shape index (κ3) is 6.14. The standard InChI is InChI=1S/C8H6N.C5H5.2ClH.Ti/c1-2-4-8-7(3-1)5-6-9-8;1-2-4-5-3-1;;;/h1-5,9H;1-3H,4H2;2*1H;/q2*-1;;;+4/p-2. The molecule has 1 heterocycles. The Labute approximate surface area is 129 Å². The van der Waals surface area contributed by atoms with E-state index in [0.717, 1.165) is 11.9 Å². The van der Waals surface area contributed by atoms with Crippen LogP contribution in [0.1, 0.15) is 6.42 Å². The maximum absolute atomic E-state index is 2.99. The van der Waals surface area contributed by atoms with Gasteiger partial charge in [0.2, 0.25) is 0 Å². The van der Waals surface area contributed by atoms with Crippen LogP contribution in [0.3, 0.4) is 0 Å². The van der Waals surface area contributed by atoms with Crippen molar-refractivity contribution in [2.75, 3.05) is 0 Å². The fourth-order valence-electron chi connectivity index (χ4n) is 1.27. The van der Waals surface area contributed by atoms with Crippen molar-refractivity contribution >= 4 is 10.9 Å². The van der Waals surface area contributed by atoms with Crippen molar-refractivity contribution in [2.24, 2.45) is 0 Å². The predicted molar refractivity (Wildman–Crippen MR) is 58.7 cm³/mol. The molecule has 0 spiro atoms. The molecule has 17 heavy (non-hydrogen) atoms. The summed E-state index contributed by atoms with van der Waals surface area (Å²) < 4.78 is 0. The van der Waals surface area contributed by atoms with Crippen molar-refractivity contribution in [1.29, 1.82) is 0 Å². The Morgan fingerprint density at radius 3 is 2.41 bits per heavy atom. The van der Waals surface area contributed by atoms with E-state index in [4.69, 9.17) is 0 Å². The number of para-hydroxylation sites is 1. The minimum atomic E-state index is 0.